The topological polar surface area (TPSA) is 85.8 Å². The number of hydrogen-bond donors (Lipinski definition) is 2. The van der Waals surface area contributed by atoms with Gasteiger partial charge >= 0.3 is 0 Å². The van der Waals surface area contributed by atoms with Crippen molar-refractivity contribution in [2.75, 3.05) is 4.72 Å². The molecule has 1 aliphatic rings. The predicted octanol–water partition coefficient (Wildman–Crippen LogP) is 4.63. The van der Waals surface area contributed by atoms with Gasteiger partial charge in [0.1, 0.15) is 16.8 Å². The summed E-state index contributed by atoms with van der Waals surface area (Å²) in [5.41, 5.74) is 1.48. The van der Waals surface area contributed by atoms with Gasteiger partial charge in [-0.3, -0.25) is 4.72 Å². The summed E-state index contributed by atoms with van der Waals surface area (Å²) in [6.45, 7) is 6.55. The van der Waals surface area contributed by atoms with Gasteiger partial charge in [0, 0.05) is 11.9 Å². The molecule has 1 aromatic carbocycles. The third-order valence-corrected chi connectivity index (χ3v) is 6.91. The summed E-state index contributed by atoms with van der Waals surface area (Å²) in [6.07, 6.45) is 3.79. The van der Waals surface area contributed by atoms with Crippen LogP contribution in [0.25, 0.3) is 0 Å². The van der Waals surface area contributed by atoms with Crippen LogP contribution in [-0.4, -0.2) is 13.4 Å². The Kier molecular flexibility index (Phi) is 5.00. The summed E-state index contributed by atoms with van der Waals surface area (Å²) >= 11 is 5.90. The fourth-order valence-electron chi connectivity index (χ4n) is 3.49. The molecule has 27 heavy (non-hydrogen) atoms. The van der Waals surface area contributed by atoms with Crippen molar-refractivity contribution in [3.63, 3.8) is 0 Å². The van der Waals surface area contributed by atoms with E-state index in [9.17, 15) is 12.8 Å². The van der Waals surface area contributed by atoms with Crippen LogP contribution in [0.1, 0.15) is 44.0 Å². The van der Waals surface area contributed by atoms with Gasteiger partial charge in [0.2, 0.25) is 0 Å². The van der Waals surface area contributed by atoms with Crippen molar-refractivity contribution >= 4 is 27.3 Å². The Morgan fingerprint density at radius 1 is 1.37 bits per heavy atom. The molecule has 0 amide bonds. The van der Waals surface area contributed by atoms with E-state index in [1.165, 1.54) is 6.20 Å². The van der Waals surface area contributed by atoms with Gasteiger partial charge in [-0.15, -0.1) is 0 Å². The molecule has 0 saturated heterocycles. The van der Waals surface area contributed by atoms with Gasteiger partial charge in [0.15, 0.2) is 0 Å². The van der Waals surface area contributed by atoms with Crippen molar-refractivity contribution in [1.82, 2.24) is 4.98 Å². The molecule has 1 unspecified atom stereocenters. The van der Waals surface area contributed by atoms with E-state index in [1.54, 1.807) is 6.07 Å². The van der Waals surface area contributed by atoms with Gasteiger partial charge < -0.3 is 4.98 Å². The van der Waals surface area contributed by atoms with Crippen LogP contribution in [0.15, 0.2) is 23.2 Å². The first-order chi connectivity index (χ1) is 12.5. The molecule has 2 aromatic rings. The first-order valence-corrected chi connectivity index (χ1v) is 10.5. The average Bonchev–Trinajstić information content (AvgIpc) is 3.01. The van der Waals surface area contributed by atoms with Gasteiger partial charge in [-0.25, -0.2) is 12.8 Å². The van der Waals surface area contributed by atoms with Crippen LogP contribution in [-0.2, 0) is 22.9 Å². The Morgan fingerprint density at radius 2 is 2.07 bits per heavy atom. The normalized spacial score (nSPS) is 17.3. The third kappa shape index (κ3) is 3.83. The van der Waals surface area contributed by atoms with Crippen molar-refractivity contribution in [3.05, 3.63) is 46.0 Å². The third-order valence-electron chi connectivity index (χ3n) is 5.17. The zero-order valence-corrected chi connectivity index (χ0v) is 16.9. The van der Waals surface area contributed by atoms with E-state index in [0.29, 0.717) is 12.3 Å². The van der Waals surface area contributed by atoms with Crippen molar-refractivity contribution in [2.24, 2.45) is 11.3 Å². The Morgan fingerprint density at radius 3 is 2.70 bits per heavy atom. The fraction of sp³-hybridized carbons (Fsp3) is 0.421. The van der Waals surface area contributed by atoms with E-state index in [-0.39, 0.29) is 26.6 Å². The Hall–Kier alpha value is -2.04. The van der Waals surface area contributed by atoms with Gasteiger partial charge in [-0.2, -0.15) is 5.26 Å². The molecule has 144 valence electrons. The molecule has 1 aliphatic carbocycles. The summed E-state index contributed by atoms with van der Waals surface area (Å²) < 4.78 is 42.1. The Labute approximate surface area is 163 Å². The highest BCUT2D eigenvalue weighted by Crippen LogP contribution is 2.39. The molecule has 0 radical (unpaired) electrons. The van der Waals surface area contributed by atoms with Gasteiger partial charge in [-0.1, -0.05) is 32.4 Å². The van der Waals surface area contributed by atoms with Crippen molar-refractivity contribution in [3.8, 4) is 6.07 Å². The van der Waals surface area contributed by atoms with E-state index < -0.39 is 15.8 Å². The maximum Gasteiger partial charge on any atom is 0.263 e. The number of benzene rings is 1. The standard InChI is InChI=1S/C19H21ClFN3O2S/c1-19(2,3)12-4-5-13-16(7-12)23-10-18(13)27(25,26)24-17-8-14(20)11(9-22)6-15(17)21/h6,8,10,12,23-24H,4-5,7H2,1-3H3. The lowest BCUT2D eigenvalue weighted by Crippen LogP contribution is -2.27. The van der Waals surface area contributed by atoms with Crippen molar-refractivity contribution in [1.29, 1.82) is 5.26 Å². The number of nitrogens with one attached hydrogen (secondary N) is 2. The number of nitrogens with zero attached hydrogens (tertiary/aromatic N) is 1. The van der Waals surface area contributed by atoms with Gasteiger partial charge in [0.05, 0.1) is 16.3 Å². The highest BCUT2D eigenvalue weighted by molar-refractivity contribution is 7.92. The minimum Gasteiger partial charge on any atom is -0.363 e. The second-order valence-electron chi connectivity index (χ2n) is 7.94. The first kappa shape index (κ1) is 19.7. The molecule has 1 heterocycles. The first-order valence-electron chi connectivity index (χ1n) is 8.64. The molecule has 1 aromatic heterocycles. The lowest BCUT2D eigenvalue weighted by molar-refractivity contribution is 0.214. The molecule has 0 fully saturated rings. The number of aromatic nitrogens is 1. The number of anilines is 1. The molecule has 5 nitrogen and oxygen atoms in total. The molecule has 8 heteroatoms. The molecule has 1 atom stereocenters. The van der Waals surface area contributed by atoms with E-state index in [2.05, 4.69) is 30.5 Å². The average molecular weight is 410 g/mol. The monoisotopic (exact) mass is 409 g/mol. The zero-order valence-electron chi connectivity index (χ0n) is 15.4. The lowest BCUT2D eigenvalue weighted by Gasteiger charge is -2.34. The van der Waals surface area contributed by atoms with Crippen LogP contribution in [0.4, 0.5) is 10.1 Å². The lowest BCUT2D eigenvalue weighted by atomic mass is 9.72. The van der Waals surface area contributed by atoms with Crippen LogP contribution in [0.2, 0.25) is 5.02 Å². The number of rotatable bonds is 3. The molecule has 0 spiro atoms. The van der Waals surface area contributed by atoms with E-state index in [4.69, 9.17) is 16.9 Å². The highest BCUT2D eigenvalue weighted by Gasteiger charge is 2.33. The molecule has 2 N–H and O–H groups in total. The number of nitriles is 1. The summed E-state index contributed by atoms with van der Waals surface area (Å²) in [4.78, 5) is 3.21. The van der Waals surface area contributed by atoms with Crippen LogP contribution >= 0.6 is 11.6 Å². The number of fused-ring (bicyclic) bond motifs is 1. The summed E-state index contributed by atoms with van der Waals surface area (Å²) in [6, 6.07) is 3.79. The minimum absolute atomic E-state index is 0.0132. The van der Waals surface area contributed by atoms with E-state index in [0.717, 1.165) is 36.2 Å². The van der Waals surface area contributed by atoms with Gasteiger partial charge in [-0.05, 0) is 48.3 Å². The number of hydrogen-bond acceptors (Lipinski definition) is 3. The number of sulfonamides is 1. The number of aromatic amines is 1. The summed E-state index contributed by atoms with van der Waals surface area (Å²) in [5, 5.41) is 8.87. The van der Waals surface area contributed by atoms with Crippen LogP contribution in [0.3, 0.4) is 0 Å². The summed E-state index contributed by atoms with van der Waals surface area (Å²) in [5.74, 6) is -0.390. The van der Waals surface area contributed by atoms with E-state index in [1.807, 2.05) is 0 Å². The Balaban J connectivity index is 1.91. The van der Waals surface area contributed by atoms with Crippen LogP contribution < -0.4 is 4.72 Å². The van der Waals surface area contributed by atoms with Crippen molar-refractivity contribution < 1.29 is 12.8 Å². The zero-order chi connectivity index (χ0) is 20.0. The van der Waals surface area contributed by atoms with Crippen molar-refractivity contribution in [2.45, 2.75) is 44.9 Å². The molecule has 0 saturated carbocycles. The molecular weight excluding hydrogens is 389 g/mol. The number of halogens is 2. The Bertz CT molecular complexity index is 1030. The maximum absolute atomic E-state index is 14.2. The molecule has 0 aliphatic heterocycles. The smallest absolute Gasteiger partial charge is 0.263 e. The predicted molar refractivity (Wildman–Crippen MR) is 103 cm³/mol. The minimum atomic E-state index is -3.99. The van der Waals surface area contributed by atoms with Crippen LogP contribution in [0, 0.1) is 28.5 Å². The quantitative estimate of drug-likeness (QED) is 0.774. The SMILES string of the molecule is CC(C)(C)C1CCc2c(S(=O)(=O)Nc3cc(Cl)c(C#N)cc3F)c[nH]c2C1. The second-order valence-corrected chi connectivity index (χ2v) is 10.0. The molecule has 0 bridgehead atoms. The van der Waals surface area contributed by atoms with E-state index >= 15 is 0 Å². The molecule has 3 rings (SSSR count). The highest BCUT2D eigenvalue weighted by atomic mass is 35.5. The molecular formula is C19H21ClFN3O2S. The fourth-order valence-corrected chi connectivity index (χ4v) is 5.01. The second kappa shape index (κ2) is 6.84. The maximum atomic E-state index is 14.2. The van der Waals surface area contributed by atoms with Gasteiger partial charge in [0.25, 0.3) is 10.0 Å². The number of H-pyrrole nitrogens is 1. The summed E-state index contributed by atoms with van der Waals surface area (Å²) in [7, 11) is -3.99. The largest absolute Gasteiger partial charge is 0.363 e. The van der Waals surface area contributed by atoms with Crippen LogP contribution in [0.5, 0.6) is 0 Å².